The van der Waals surface area contributed by atoms with E-state index in [0.717, 1.165) is 27.7 Å². The summed E-state index contributed by atoms with van der Waals surface area (Å²) in [6.07, 6.45) is 3.66. The molecule has 0 fully saturated rings. The van der Waals surface area contributed by atoms with E-state index in [0.29, 0.717) is 33.8 Å². The minimum absolute atomic E-state index is 0.243. The Morgan fingerprint density at radius 2 is 1.61 bits per heavy atom. The van der Waals surface area contributed by atoms with Crippen LogP contribution in [0.4, 0.5) is 5.69 Å². The summed E-state index contributed by atoms with van der Waals surface area (Å²) in [5.74, 6) is 1.27. The van der Waals surface area contributed by atoms with Gasteiger partial charge in [-0.05, 0) is 49.4 Å². The van der Waals surface area contributed by atoms with E-state index in [-0.39, 0.29) is 4.90 Å². The average Bonchev–Trinajstić information content (AvgIpc) is 3.56. The normalized spacial score (nSPS) is 12.5. The van der Waals surface area contributed by atoms with Crippen molar-refractivity contribution in [1.82, 2.24) is 14.5 Å². The number of benzene rings is 3. The molecule has 6 aromatic rings. The number of nitrogens with one attached hydrogen (secondary N) is 2. The number of hydrogen-bond donors (Lipinski definition) is 2. The first kappa shape index (κ1) is 26.5. The number of para-hydroxylation sites is 1. The van der Waals surface area contributed by atoms with Crippen LogP contribution in [-0.2, 0) is 16.9 Å². The van der Waals surface area contributed by atoms with Crippen LogP contribution in [-0.4, -0.2) is 37.2 Å². The molecule has 3 heterocycles. The standard InChI is InChI=1S/C32H30N4O4S/c1-20-10-12-22(13-11-20)41(37,38)32(34-21-8-6-5-7-9-21)23-14-15-33-31-25(23)16-27(35-31)26-19-36(2)28-18-30(40-4)29(39-3)17-24(26)28/h5-19,32,34H,1-4H3,(H,33,35). The molecule has 0 aliphatic heterocycles. The molecule has 41 heavy (non-hydrogen) atoms. The maximum absolute atomic E-state index is 14.2. The van der Waals surface area contributed by atoms with E-state index in [1.165, 1.54) is 0 Å². The lowest BCUT2D eigenvalue weighted by molar-refractivity contribution is 0.355. The topological polar surface area (TPSA) is 98.2 Å². The number of methoxy groups -OCH3 is 2. The molecule has 0 radical (unpaired) electrons. The Morgan fingerprint density at radius 3 is 2.32 bits per heavy atom. The van der Waals surface area contributed by atoms with E-state index in [1.54, 1.807) is 38.6 Å². The monoisotopic (exact) mass is 566 g/mol. The third-order valence-electron chi connectivity index (χ3n) is 7.36. The highest BCUT2D eigenvalue weighted by Crippen LogP contribution is 2.40. The third-order valence-corrected chi connectivity index (χ3v) is 9.29. The third kappa shape index (κ3) is 4.68. The SMILES string of the molecule is COc1cc2c(-c3cc4c(C(Nc5ccccc5)S(=O)(=O)c5ccc(C)cc5)ccnc4[nH]3)cn(C)c2cc1OC. The second kappa shape index (κ2) is 10.3. The van der Waals surface area contributed by atoms with E-state index in [1.807, 2.05) is 85.4 Å². The van der Waals surface area contributed by atoms with Gasteiger partial charge in [-0.2, -0.15) is 0 Å². The highest BCUT2D eigenvalue weighted by atomic mass is 32.2. The van der Waals surface area contributed by atoms with Crippen molar-refractivity contribution in [2.75, 3.05) is 19.5 Å². The molecule has 0 saturated heterocycles. The van der Waals surface area contributed by atoms with Gasteiger partial charge in [0.2, 0.25) is 9.84 Å². The summed E-state index contributed by atoms with van der Waals surface area (Å²) in [6, 6.07) is 23.9. The molecule has 8 nitrogen and oxygen atoms in total. The Bertz CT molecular complexity index is 1980. The Labute approximate surface area is 238 Å². The summed E-state index contributed by atoms with van der Waals surface area (Å²) >= 11 is 0. The summed E-state index contributed by atoms with van der Waals surface area (Å²) in [5.41, 5.74) is 5.59. The molecule has 0 aliphatic rings. The molecule has 0 spiro atoms. The van der Waals surface area contributed by atoms with Crippen LogP contribution in [0.2, 0.25) is 0 Å². The number of ether oxygens (including phenoxy) is 2. The van der Waals surface area contributed by atoms with E-state index < -0.39 is 15.2 Å². The van der Waals surface area contributed by atoms with Gasteiger partial charge in [0.05, 0.1) is 24.6 Å². The van der Waals surface area contributed by atoms with Gasteiger partial charge in [0.1, 0.15) is 5.65 Å². The van der Waals surface area contributed by atoms with Crippen molar-refractivity contribution >= 4 is 37.5 Å². The van der Waals surface area contributed by atoms with Gasteiger partial charge in [-0.3, -0.25) is 0 Å². The molecule has 1 atom stereocenters. The molecule has 3 aromatic carbocycles. The molecular formula is C32H30N4O4S. The number of rotatable bonds is 8. The number of sulfone groups is 1. The number of pyridine rings is 1. The van der Waals surface area contributed by atoms with Gasteiger partial charge in [0.25, 0.3) is 0 Å². The Morgan fingerprint density at radius 1 is 0.902 bits per heavy atom. The zero-order valence-electron chi connectivity index (χ0n) is 23.2. The lowest BCUT2D eigenvalue weighted by Gasteiger charge is -2.21. The van der Waals surface area contributed by atoms with Crippen molar-refractivity contribution in [1.29, 1.82) is 0 Å². The predicted molar refractivity (Wildman–Crippen MR) is 162 cm³/mol. The number of nitrogens with zero attached hydrogens (tertiary/aromatic N) is 2. The second-order valence-electron chi connectivity index (χ2n) is 9.97. The van der Waals surface area contributed by atoms with Crippen LogP contribution >= 0.6 is 0 Å². The molecular weight excluding hydrogens is 536 g/mol. The van der Waals surface area contributed by atoms with Crippen molar-refractivity contribution in [3.8, 4) is 22.8 Å². The van der Waals surface area contributed by atoms with Crippen molar-refractivity contribution in [3.63, 3.8) is 0 Å². The van der Waals surface area contributed by atoms with Gasteiger partial charge in [-0.25, -0.2) is 13.4 Å². The fourth-order valence-corrected chi connectivity index (χ4v) is 6.84. The van der Waals surface area contributed by atoms with Crippen molar-refractivity contribution in [2.24, 2.45) is 7.05 Å². The van der Waals surface area contributed by atoms with Gasteiger partial charge < -0.3 is 24.3 Å². The summed E-state index contributed by atoms with van der Waals surface area (Å²) in [5, 5.41) is 3.90. The van der Waals surface area contributed by atoms with Crippen LogP contribution in [0.3, 0.4) is 0 Å². The first-order valence-electron chi connectivity index (χ1n) is 13.1. The molecule has 0 bridgehead atoms. The van der Waals surface area contributed by atoms with Gasteiger partial charge in [-0.15, -0.1) is 0 Å². The van der Waals surface area contributed by atoms with Crippen molar-refractivity contribution in [3.05, 3.63) is 102 Å². The fourth-order valence-electron chi connectivity index (χ4n) is 5.22. The molecule has 6 rings (SSSR count). The summed E-state index contributed by atoms with van der Waals surface area (Å²) < 4.78 is 41.4. The van der Waals surface area contributed by atoms with Gasteiger partial charge in [0, 0.05) is 58.8 Å². The molecule has 0 amide bonds. The number of aromatic nitrogens is 3. The van der Waals surface area contributed by atoms with Crippen LogP contribution < -0.4 is 14.8 Å². The van der Waals surface area contributed by atoms with Crippen molar-refractivity contribution < 1.29 is 17.9 Å². The maximum atomic E-state index is 14.2. The zero-order valence-corrected chi connectivity index (χ0v) is 24.0. The smallest absolute Gasteiger partial charge is 0.203 e. The average molecular weight is 567 g/mol. The number of fused-ring (bicyclic) bond motifs is 2. The number of anilines is 1. The highest BCUT2D eigenvalue weighted by molar-refractivity contribution is 7.91. The summed E-state index contributed by atoms with van der Waals surface area (Å²) in [7, 11) is 1.34. The molecule has 0 aliphatic carbocycles. The van der Waals surface area contributed by atoms with E-state index in [4.69, 9.17) is 9.47 Å². The van der Waals surface area contributed by atoms with Crippen LogP contribution in [0.1, 0.15) is 16.5 Å². The van der Waals surface area contributed by atoms with Crippen LogP contribution in [0.15, 0.2) is 96.2 Å². The maximum Gasteiger partial charge on any atom is 0.203 e. The molecule has 0 saturated carbocycles. The highest BCUT2D eigenvalue weighted by Gasteiger charge is 2.31. The number of H-pyrrole nitrogens is 1. The molecule has 9 heteroatoms. The largest absolute Gasteiger partial charge is 0.493 e. The van der Waals surface area contributed by atoms with Gasteiger partial charge in [0.15, 0.2) is 16.9 Å². The van der Waals surface area contributed by atoms with E-state index in [9.17, 15) is 8.42 Å². The first-order chi connectivity index (χ1) is 19.8. The lowest BCUT2D eigenvalue weighted by Crippen LogP contribution is -2.22. The fraction of sp³-hybridized carbons (Fsp3) is 0.156. The second-order valence-corrected chi connectivity index (χ2v) is 12.0. The van der Waals surface area contributed by atoms with Gasteiger partial charge in [-0.1, -0.05) is 35.9 Å². The number of aryl methyl sites for hydroxylation is 2. The van der Waals surface area contributed by atoms with Gasteiger partial charge >= 0.3 is 0 Å². The van der Waals surface area contributed by atoms with Crippen LogP contribution in [0.5, 0.6) is 11.5 Å². The zero-order chi connectivity index (χ0) is 28.7. The summed E-state index contributed by atoms with van der Waals surface area (Å²) in [4.78, 5) is 8.23. The molecule has 1 unspecified atom stereocenters. The molecule has 208 valence electrons. The Hall–Kier alpha value is -4.76. The van der Waals surface area contributed by atoms with Crippen LogP contribution in [0, 0.1) is 6.92 Å². The summed E-state index contributed by atoms with van der Waals surface area (Å²) in [6.45, 7) is 1.93. The van der Waals surface area contributed by atoms with E-state index in [2.05, 4.69) is 15.3 Å². The predicted octanol–water partition coefficient (Wildman–Crippen LogP) is 6.63. The molecule has 3 aromatic heterocycles. The van der Waals surface area contributed by atoms with E-state index >= 15 is 0 Å². The Kier molecular flexibility index (Phi) is 6.67. The number of hydrogen-bond acceptors (Lipinski definition) is 6. The molecule has 2 N–H and O–H groups in total. The van der Waals surface area contributed by atoms with Crippen molar-refractivity contribution in [2.45, 2.75) is 17.2 Å². The first-order valence-corrected chi connectivity index (χ1v) is 14.7. The minimum Gasteiger partial charge on any atom is -0.493 e. The van der Waals surface area contributed by atoms with Crippen LogP contribution in [0.25, 0.3) is 33.2 Å². The quantitative estimate of drug-likeness (QED) is 0.215. The Balaban J connectivity index is 1.53. The number of aromatic amines is 1. The lowest BCUT2D eigenvalue weighted by atomic mass is 10.1. The minimum atomic E-state index is -3.85.